The van der Waals surface area contributed by atoms with E-state index in [1.54, 1.807) is 13.1 Å². The number of carbonyl (C=O) groups is 3. The van der Waals surface area contributed by atoms with E-state index in [1.807, 2.05) is 0 Å². The number of aromatic carboxylic acids is 1. The van der Waals surface area contributed by atoms with Gasteiger partial charge < -0.3 is 10.4 Å². The Hall–Kier alpha value is -3.20. The van der Waals surface area contributed by atoms with Crippen LogP contribution in [0, 0.1) is 5.82 Å². The molecule has 144 valence electrons. The first kappa shape index (κ1) is 19.6. The topological polar surface area (TPSA) is 99.1 Å². The Morgan fingerprint density at radius 1 is 1.25 bits per heavy atom. The van der Waals surface area contributed by atoms with Crippen molar-refractivity contribution in [3.63, 3.8) is 0 Å². The van der Waals surface area contributed by atoms with Crippen LogP contribution in [0.1, 0.15) is 16.8 Å². The fourth-order valence-corrected chi connectivity index (χ4v) is 3.54. The van der Waals surface area contributed by atoms with Crippen molar-refractivity contribution in [2.45, 2.75) is 11.7 Å². The van der Waals surface area contributed by atoms with Gasteiger partial charge in [-0.2, -0.15) is 0 Å². The van der Waals surface area contributed by atoms with Gasteiger partial charge in [-0.25, -0.2) is 14.2 Å². The molecule has 3 rings (SSSR count). The maximum absolute atomic E-state index is 13.0. The average molecular weight is 401 g/mol. The number of nitrogens with zero attached hydrogens (tertiary/aromatic N) is 2. The number of thioether (sulfide) groups is 1. The summed E-state index contributed by atoms with van der Waals surface area (Å²) < 4.78 is 13.0. The van der Waals surface area contributed by atoms with E-state index >= 15 is 0 Å². The number of aliphatic imine (C=N–C) groups is 1. The van der Waals surface area contributed by atoms with Crippen molar-refractivity contribution in [1.29, 1.82) is 0 Å². The van der Waals surface area contributed by atoms with E-state index in [0.29, 0.717) is 16.5 Å². The largest absolute Gasteiger partial charge is 0.478 e. The second-order valence-electron chi connectivity index (χ2n) is 6.01. The summed E-state index contributed by atoms with van der Waals surface area (Å²) in [7, 11) is 1.56. The smallest absolute Gasteiger partial charge is 0.335 e. The summed E-state index contributed by atoms with van der Waals surface area (Å²) in [5.41, 5.74) is 0.830. The Bertz CT molecular complexity index is 962. The van der Waals surface area contributed by atoms with Gasteiger partial charge in [-0.3, -0.25) is 14.5 Å². The van der Waals surface area contributed by atoms with Crippen LogP contribution in [0.25, 0.3) is 0 Å². The van der Waals surface area contributed by atoms with E-state index in [1.165, 1.54) is 47.4 Å². The van der Waals surface area contributed by atoms with Gasteiger partial charge in [0.2, 0.25) is 11.8 Å². The highest BCUT2D eigenvalue weighted by Crippen LogP contribution is 2.29. The minimum absolute atomic E-state index is 0.0198. The first-order valence-corrected chi connectivity index (χ1v) is 9.13. The van der Waals surface area contributed by atoms with Crippen LogP contribution in [-0.4, -0.2) is 45.3 Å². The monoisotopic (exact) mass is 401 g/mol. The zero-order chi connectivity index (χ0) is 20.3. The van der Waals surface area contributed by atoms with E-state index < -0.39 is 22.9 Å². The van der Waals surface area contributed by atoms with Crippen molar-refractivity contribution in [3.8, 4) is 0 Å². The number of anilines is 1. The molecule has 1 aliphatic rings. The van der Waals surface area contributed by atoms with E-state index in [2.05, 4.69) is 10.3 Å². The predicted molar refractivity (Wildman–Crippen MR) is 104 cm³/mol. The molecule has 9 heteroatoms. The first-order valence-electron chi connectivity index (χ1n) is 8.25. The van der Waals surface area contributed by atoms with Crippen LogP contribution in [0.15, 0.2) is 53.5 Å². The third kappa shape index (κ3) is 4.55. The van der Waals surface area contributed by atoms with Gasteiger partial charge in [0.1, 0.15) is 11.1 Å². The minimum Gasteiger partial charge on any atom is -0.478 e. The van der Waals surface area contributed by atoms with E-state index in [0.717, 1.165) is 11.8 Å². The molecule has 1 atom stereocenters. The summed E-state index contributed by atoms with van der Waals surface area (Å²) in [4.78, 5) is 41.6. The van der Waals surface area contributed by atoms with Crippen LogP contribution in [0.3, 0.4) is 0 Å². The number of benzene rings is 2. The summed E-state index contributed by atoms with van der Waals surface area (Å²) >= 11 is 1.11. The fraction of sp³-hybridized carbons (Fsp3) is 0.158. The van der Waals surface area contributed by atoms with Gasteiger partial charge in [0.25, 0.3) is 0 Å². The van der Waals surface area contributed by atoms with Gasteiger partial charge in [0.15, 0.2) is 5.17 Å². The lowest BCUT2D eigenvalue weighted by Crippen LogP contribution is -2.43. The van der Waals surface area contributed by atoms with E-state index in [9.17, 15) is 18.8 Å². The highest BCUT2D eigenvalue weighted by atomic mass is 32.2. The molecule has 0 spiro atoms. The molecule has 2 aromatic rings. The molecular weight excluding hydrogens is 385 g/mol. The molecule has 1 unspecified atom stereocenters. The van der Waals surface area contributed by atoms with E-state index in [4.69, 9.17) is 5.11 Å². The number of nitrogens with one attached hydrogen (secondary N) is 1. The summed E-state index contributed by atoms with van der Waals surface area (Å²) in [6.07, 6.45) is -0.0198. The van der Waals surface area contributed by atoms with Gasteiger partial charge in [-0.05, 0) is 42.5 Å². The lowest BCUT2D eigenvalue weighted by atomic mass is 10.2. The Labute approximate surface area is 164 Å². The van der Waals surface area contributed by atoms with Crippen molar-refractivity contribution >= 4 is 46.1 Å². The quantitative estimate of drug-likeness (QED) is 0.820. The standard InChI is InChI=1S/C19H16FN3O4S/c1-23-16(24)10-15(28-19(23)22-13-7-5-12(20)6-8-13)17(25)21-14-4-2-3-11(9-14)18(26)27/h2-9,15H,10H2,1H3,(H,21,25)(H,26,27). The zero-order valence-electron chi connectivity index (χ0n) is 14.8. The van der Waals surface area contributed by atoms with Crippen molar-refractivity contribution in [1.82, 2.24) is 4.90 Å². The van der Waals surface area contributed by atoms with Gasteiger partial charge in [0, 0.05) is 19.2 Å². The lowest BCUT2D eigenvalue weighted by Gasteiger charge is -2.28. The molecule has 1 aliphatic heterocycles. The highest BCUT2D eigenvalue weighted by molar-refractivity contribution is 8.15. The van der Waals surface area contributed by atoms with Gasteiger partial charge in [-0.15, -0.1) is 0 Å². The third-order valence-corrected chi connectivity index (χ3v) is 5.23. The van der Waals surface area contributed by atoms with Gasteiger partial charge in [0.05, 0.1) is 11.3 Å². The van der Waals surface area contributed by atoms with Crippen LogP contribution < -0.4 is 5.32 Å². The number of halogens is 1. The molecule has 28 heavy (non-hydrogen) atoms. The summed E-state index contributed by atoms with van der Waals surface area (Å²) in [6, 6.07) is 11.3. The van der Waals surface area contributed by atoms with Crippen molar-refractivity contribution in [3.05, 3.63) is 59.9 Å². The number of rotatable bonds is 4. The Balaban J connectivity index is 1.77. The summed E-state index contributed by atoms with van der Waals surface area (Å²) in [5.74, 6) is -2.21. The molecule has 1 saturated heterocycles. The van der Waals surface area contributed by atoms with Crippen molar-refractivity contribution < 1.29 is 23.9 Å². The van der Waals surface area contributed by atoms with Gasteiger partial charge in [-0.1, -0.05) is 17.8 Å². The first-order chi connectivity index (χ1) is 13.3. The minimum atomic E-state index is -1.10. The Morgan fingerprint density at radius 2 is 1.96 bits per heavy atom. The highest BCUT2D eigenvalue weighted by Gasteiger charge is 2.34. The normalized spacial score (nSPS) is 18.2. The maximum Gasteiger partial charge on any atom is 0.335 e. The second-order valence-corrected chi connectivity index (χ2v) is 7.18. The number of amidine groups is 1. The Morgan fingerprint density at radius 3 is 2.64 bits per heavy atom. The molecule has 0 bridgehead atoms. The fourth-order valence-electron chi connectivity index (χ4n) is 2.48. The number of hydrogen-bond donors (Lipinski definition) is 2. The Kier molecular flexibility index (Phi) is 5.74. The molecule has 0 aliphatic carbocycles. The van der Waals surface area contributed by atoms with Crippen molar-refractivity contribution in [2.75, 3.05) is 12.4 Å². The second kappa shape index (κ2) is 8.22. The van der Waals surface area contributed by atoms with Crippen molar-refractivity contribution in [2.24, 2.45) is 4.99 Å². The summed E-state index contributed by atoms with van der Waals surface area (Å²) in [5, 5.41) is 11.3. The maximum atomic E-state index is 13.0. The molecule has 2 amide bonds. The SMILES string of the molecule is CN1C(=O)CC(C(=O)Nc2cccc(C(=O)O)c2)SC1=Nc1ccc(F)cc1. The zero-order valence-corrected chi connectivity index (χ0v) is 15.6. The molecule has 1 fully saturated rings. The molecule has 0 saturated carbocycles. The average Bonchev–Trinajstić information content (AvgIpc) is 2.67. The molecule has 7 nitrogen and oxygen atoms in total. The number of carboxylic acid groups (broad SMARTS) is 1. The molecule has 1 heterocycles. The predicted octanol–water partition coefficient (Wildman–Crippen LogP) is 3.11. The third-order valence-electron chi connectivity index (χ3n) is 3.99. The molecule has 0 radical (unpaired) electrons. The number of carbonyl (C=O) groups excluding carboxylic acids is 2. The molecule has 0 aromatic heterocycles. The van der Waals surface area contributed by atoms with Crippen LogP contribution in [0.5, 0.6) is 0 Å². The van der Waals surface area contributed by atoms with Crippen LogP contribution in [0.2, 0.25) is 0 Å². The molecule has 2 N–H and O–H groups in total. The number of hydrogen-bond acceptors (Lipinski definition) is 5. The van der Waals surface area contributed by atoms with Crippen LogP contribution in [-0.2, 0) is 9.59 Å². The summed E-state index contributed by atoms with van der Waals surface area (Å²) in [6.45, 7) is 0. The van der Waals surface area contributed by atoms with Crippen LogP contribution in [0.4, 0.5) is 15.8 Å². The number of carboxylic acids is 1. The van der Waals surface area contributed by atoms with E-state index in [-0.39, 0.29) is 17.9 Å². The lowest BCUT2D eigenvalue weighted by molar-refractivity contribution is -0.128. The molecular formula is C19H16FN3O4S. The van der Waals surface area contributed by atoms with Gasteiger partial charge >= 0.3 is 5.97 Å². The number of amides is 2. The van der Waals surface area contributed by atoms with Crippen LogP contribution >= 0.6 is 11.8 Å². The molecule has 2 aromatic carbocycles.